The summed E-state index contributed by atoms with van der Waals surface area (Å²) in [6, 6.07) is 0.992. The molecular weight excluding hydrogens is 381 g/mol. The van der Waals surface area contributed by atoms with Gasteiger partial charge in [0.15, 0.2) is 11.6 Å². The molecule has 1 fully saturated rings. The molecule has 0 spiro atoms. The van der Waals surface area contributed by atoms with E-state index in [-0.39, 0.29) is 35.4 Å². The Morgan fingerprint density at radius 2 is 2.24 bits per heavy atom. The van der Waals surface area contributed by atoms with Crippen molar-refractivity contribution >= 4 is 22.6 Å². The topological polar surface area (TPSA) is 102 Å². The number of anilines is 1. The van der Waals surface area contributed by atoms with Crippen molar-refractivity contribution in [2.45, 2.75) is 25.4 Å². The van der Waals surface area contributed by atoms with Gasteiger partial charge in [-0.2, -0.15) is 5.10 Å². The SMILES string of the molecule is C[C@H]1COc2c(N3CCC(n4cncn4)C3)c(F)cc3c(=O)c(C(=O)O)cn1c23. The summed E-state index contributed by atoms with van der Waals surface area (Å²) in [5.74, 6) is -1.65. The van der Waals surface area contributed by atoms with Crippen LogP contribution in [0.1, 0.15) is 35.8 Å². The van der Waals surface area contributed by atoms with Gasteiger partial charge in [0.2, 0.25) is 5.43 Å². The van der Waals surface area contributed by atoms with Crippen LogP contribution in [0.2, 0.25) is 0 Å². The van der Waals surface area contributed by atoms with Gasteiger partial charge in [-0.1, -0.05) is 0 Å². The van der Waals surface area contributed by atoms with Crippen LogP contribution in [0, 0.1) is 5.82 Å². The highest BCUT2D eigenvalue weighted by molar-refractivity contribution is 5.97. The van der Waals surface area contributed by atoms with Crippen LogP contribution >= 0.6 is 0 Å². The molecule has 1 unspecified atom stereocenters. The Hall–Kier alpha value is -3.43. The van der Waals surface area contributed by atoms with Crippen molar-refractivity contribution in [2.75, 3.05) is 24.6 Å². The molecule has 2 aliphatic heterocycles. The molecule has 10 heteroatoms. The first-order valence-electron chi connectivity index (χ1n) is 9.32. The molecule has 9 nitrogen and oxygen atoms in total. The van der Waals surface area contributed by atoms with Gasteiger partial charge in [0, 0.05) is 19.3 Å². The van der Waals surface area contributed by atoms with E-state index in [4.69, 9.17) is 4.74 Å². The van der Waals surface area contributed by atoms with Gasteiger partial charge >= 0.3 is 5.97 Å². The van der Waals surface area contributed by atoms with Gasteiger partial charge < -0.3 is 19.3 Å². The van der Waals surface area contributed by atoms with Crippen molar-refractivity contribution in [3.8, 4) is 5.75 Å². The third kappa shape index (κ3) is 2.59. The third-order valence-electron chi connectivity index (χ3n) is 5.66. The lowest BCUT2D eigenvalue weighted by atomic mass is 10.1. The van der Waals surface area contributed by atoms with E-state index in [1.165, 1.54) is 12.5 Å². The van der Waals surface area contributed by atoms with Crippen LogP contribution in [0.15, 0.2) is 29.7 Å². The molecule has 1 saturated heterocycles. The fourth-order valence-corrected chi connectivity index (χ4v) is 4.23. The second-order valence-electron chi connectivity index (χ2n) is 7.44. The smallest absolute Gasteiger partial charge is 0.341 e. The van der Waals surface area contributed by atoms with Crippen LogP contribution in [0.5, 0.6) is 5.75 Å². The molecule has 3 aromatic rings. The van der Waals surface area contributed by atoms with Crippen molar-refractivity contribution < 1.29 is 19.0 Å². The van der Waals surface area contributed by atoms with Crippen molar-refractivity contribution in [1.82, 2.24) is 19.3 Å². The van der Waals surface area contributed by atoms with E-state index in [1.807, 2.05) is 11.8 Å². The van der Waals surface area contributed by atoms with Gasteiger partial charge in [-0.15, -0.1) is 0 Å². The number of hydrogen-bond acceptors (Lipinski definition) is 6. The maximum absolute atomic E-state index is 15.2. The number of pyridine rings is 1. The molecule has 0 saturated carbocycles. The molecule has 4 heterocycles. The standard InChI is InChI=1S/C19H18FN5O4/c1-10-7-29-18-15-12(17(26)13(19(27)28)6-24(10)15)4-14(20)16(18)23-3-2-11(5-23)25-9-21-8-22-25/h4,6,8-11H,2-3,5,7H2,1H3,(H,27,28)/t10-,11?/m0/s1. The summed E-state index contributed by atoms with van der Waals surface area (Å²) in [6.45, 7) is 3.23. The second-order valence-corrected chi connectivity index (χ2v) is 7.44. The summed E-state index contributed by atoms with van der Waals surface area (Å²) >= 11 is 0. The lowest BCUT2D eigenvalue weighted by Crippen LogP contribution is -2.29. The number of carbonyl (C=O) groups is 1. The summed E-state index contributed by atoms with van der Waals surface area (Å²) in [5.41, 5.74) is -0.366. The van der Waals surface area contributed by atoms with E-state index in [0.29, 0.717) is 24.3 Å². The monoisotopic (exact) mass is 399 g/mol. The number of benzene rings is 1. The molecule has 2 aliphatic rings. The zero-order valence-electron chi connectivity index (χ0n) is 15.6. The lowest BCUT2D eigenvalue weighted by molar-refractivity contribution is 0.0694. The first kappa shape index (κ1) is 17.7. The van der Waals surface area contributed by atoms with E-state index in [9.17, 15) is 14.7 Å². The van der Waals surface area contributed by atoms with Crippen molar-refractivity contribution in [1.29, 1.82) is 0 Å². The Morgan fingerprint density at radius 1 is 1.41 bits per heavy atom. The van der Waals surface area contributed by atoms with Gasteiger partial charge in [-0.3, -0.25) is 4.79 Å². The normalized spacial score (nSPS) is 20.8. The number of aromatic nitrogens is 4. The molecule has 0 amide bonds. The Bertz CT molecular complexity index is 1190. The summed E-state index contributed by atoms with van der Waals surface area (Å²) in [6.07, 6.45) is 5.19. The number of hydrogen-bond donors (Lipinski definition) is 1. The number of halogens is 1. The van der Waals surface area contributed by atoms with Gasteiger partial charge in [0.05, 0.1) is 23.0 Å². The summed E-state index contributed by atoms with van der Waals surface area (Å²) in [4.78, 5) is 30.0. The predicted molar refractivity (Wildman–Crippen MR) is 101 cm³/mol. The minimum atomic E-state index is -1.33. The lowest BCUT2D eigenvalue weighted by Gasteiger charge is -2.31. The molecule has 1 N–H and O–H groups in total. The van der Waals surface area contributed by atoms with Crippen LogP contribution in [0.3, 0.4) is 0 Å². The van der Waals surface area contributed by atoms with E-state index in [0.717, 1.165) is 12.5 Å². The van der Waals surface area contributed by atoms with Crippen LogP contribution in [0.4, 0.5) is 10.1 Å². The van der Waals surface area contributed by atoms with Gasteiger partial charge in [0.1, 0.15) is 30.5 Å². The molecule has 29 heavy (non-hydrogen) atoms. The Morgan fingerprint density at radius 3 is 2.97 bits per heavy atom. The Kier molecular flexibility index (Phi) is 3.83. The van der Waals surface area contributed by atoms with Crippen LogP contribution < -0.4 is 15.1 Å². The number of carboxylic acids is 1. The van der Waals surface area contributed by atoms with Gasteiger partial charge in [0.25, 0.3) is 0 Å². The van der Waals surface area contributed by atoms with E-state index in [2.05, 4.69) is 10.1 Å². The fourth-order valence-electron chi connectivity index (χ4n) is 4.23. The number of nitrogens with zero attached hydrogens (tertiary/aromatic N) is 5. The molecule has 5 rings (SSSR count). The van der Waals surface area contributed by atoms with E-state index >= 15 is 4.39 Å². The largest absolute Gasteiger partial charge is 0.487 e. The molecule has 0 aliphatic carbocycles. The van der Waals surface area contributed by atoms with Crippen molar-refractivity contribution in [3.05, 3.63) is 46.5 Å². The molecule has 150 valence electrons. The minimum Gasteiger partial charge on any atom is -0.487 e. The van der Waals surface area contributed by atoms with Crippen molar-refractivity contribution in [2.24, 2.45) is 0 Å². The fraction of sp³-hybridized carbons (Fsp3) is 0.368. The van der Waals surface area contributed by atoms with E-state index in [1.54, 1.807) is 15.6 Å². The number of aromatic carboxylic acids is 1. The van der Waals surface area contributed by atoms with Crippen LogP contribution in [0.25, 0.3) is 10.9 Å². The van der Waals surface area contributed by atoms with Gasteiger partial charge in [-0.05, 0) is 19.4 Å². The molecule has 1 aromatic carbocycles. The molecular formula is C19H18FN5O4. The predicted octanol–water partition coefficient (Wildman–Crippen LogP) is 1.84. The molecule has 2 atom stereocenters. The van der Waals surface area contributed by atoms with Crippen LogP contribution in [-0.4, -0.2) is 50.1 Å². The number of carboxylic acid groups (broad SMARTS) is 1. The molecule has 2 aromatic heterocycles. The first-order valence-corrected chi connectivity index (χ1v) is 9.32. The number of ether oxygens (including phenoxy) is 1. The summed E-state index contributed by atoms with van der Waals surface area (Å²) < 4.78 is 24.5. The zero-order valence-corrected chi connectivity index (χ0v) is 15.6. The van der Waals surface area contributed by atoms with Crippen LogP contribution in [-0.2, 0) is 0 Å². The zero-order chi connectivity index (χ0) is 20.3. The highest BCUT2D eigenvalue weighted by Crippen LogP contribution is 2.43. The molecule has 0 bridgehead atoms. The molecule has 0 radical (unpaired) electrons. The highest BCUT2D eigenvalue weighted by atomic mass is 19.1. The third-order valence-corrected chi connectivity index (χ3v) is 5.66. The Balaban J connectivity index is 1.69. The van der Waals surface area contributed by atoms with Crippen molar-refractivity contribution in [3.63, 3.8) is 0 Å². The Labute approximate surface area is 163 Å². The second kappa shape index (κ2) is 6.29. The quantitative estimate of drug-likeness (QED) is 0.717. The van der Waals surface area contributed by atoms with Gasteiger partial charge in [-0.25, -0.2) is 18.9 Å². The first-order chi connectivity index (χ1) is 14.0. The average molecular weight is 399 g/mol. The highest BCUT2D eigenvalue weighted by Gasteiger charge is 2.33. The number of rotatable bonds is 3. The maximum Gasteiger partial charge on any atom is 0.341 e. The van der Waals surface area contributed by atoms with E-state index < -0.39 is 17.2 Å². The maximum atomic E-state index is 15.2. The summed E-state index contributed by atoms with van der Waals surface area (Å²) in [7, 11) is 0. The average Bonchev–Trinajstić information content (AvgIpc) is 3.37. The minimum absolute atomic E-state index is 0.0136. The summed E-state index contributed by atoms with van der Waals surface area (Å²) in [5, 5.41) is 13.6.